The van der Waals surface area contributed by atoms with Gasteiger partial charge in [-0.2, -0.15) is 0 Å². The summed E-state index contributed by atoms with van der Waals surface area (Å²) in [5.41, 5.74) is -0.445. The Labute approximate surface area is 112 Å². The Bertz CT molecular complexity index is 230. The highest BCUT2D eigenvalue weighted by molar-refractivity contribution is 5.74. The molecule has 0 fully saturated rings. The minimum absolute atomic E-state index is 0.115. The molecular formula is C15H30O3. The van der Waals surface area contributed by atoms with Crippen LogP contribution in [0.15, 0.2) is 0 Å². The van der Waals surface area contributed by atoms with Crippen molar-refractivity contribution >= 4 is 5.97 Å². The SMILES string of the molecule is CCCCCCC(C)OC(C)C(=O)OC(C)(C)C. The molecule has 0 N–H and O–H groups in total. The predicted octanol–water partition coefficient (Wildman–Crippen LogP) is 4.09. The molecule has 0 aliphatic heterocycles. The van der Waals surface area contributed by atoms with Crippen molar-refractivity contribution < 1.29 is 14.3 Å². The van der Waals surface area contributed by atoms with Crippen molar-refractivity contribution in [1.29, 1.82) is 0 Å². The first-order valence-corrected chi connectivity index (χ1v) is 7.14. The highest BCUT2D eigenvalue weighted by atomic mass is 16.6. The standard InChI is InChI=1S/C15H30O3/c1-7-8-9-10-11-12(2)17-13(3)14(16)18-15(4,5)6/h12-13H,7-11H2,1-6H3. The van der Waals surface area contributed by atoms with Crippen LogP contribution in [0.4, 0.5) is 0 Å². The monoisotopic (exact) mass is 258 g/mol. The van der Waals surface area contributed by atoms with Gasteiger partial charge in [0.15, 0.2) is 6.10 Å². The second kappa shape index (κ2) is 8.52. The van der Waals surface area contributed by atoms with Crippen LogP contribution in [0.5, 0.6) is 0 Å². The lowest BCUT2D eigenvalue weighted by Gasteiger charge is -2.24. The number of esters is 1. The Morgan fingerprint density at radius 1 is 1.11 bits per heavy atom. The maximum absolute atomic E-state index is 11.7. The lowest BCUT2D eigenvalue weighted by molar-refractivity contribution is -0.170. The van der Waals surface area contributed by atoms with Crippen molar-refractivity contribution in [3.8, 4) is 0 Å². The smallest absolute Gasteiger partial charge is 0.335 e. The third kappa shape index (κ3) is 9.46. The Hall–Kier alpha value is -0.570. The van der Waals surface area contributed by atoms with Gasteiger partial charge in [0.05, 0.1) is 6.10 Å². The van der Waals surface area contributed by atoms with Crippen LogP contribution in [0, 0.1) is 0 Å². The quantitative estimate of drug-likeness (QED) is 0.486. The molecule has 2 unspecified atom stereocenters. The summed E-state index contributed by atoms with van der Waals surface area (Å²) >= 11 is 0. The Morgan fingerprint density at radius 2 is 1.72 bits per heavy atom. The van der Waals surface area contributed by atoms with E-state index in [1.165, 1.54) is 19.3 Å². The van der Waals surface area contributed by atoms with Gasteiger partial charge in [-0.1, -0.05) is 32.6 Å². The van der Waals surface area contributed by atoms with E-state index in [1.54, 1.807) is 6.92 Å². The molecule has 0 aromatic heterocycles. The van der Waals surface area contributed by atoms with E-state index < -0.39 is 11.7 Å². The minimum Gasteiger partial charge on any atom is -0.458 e. The van der Waals surface area contributed by atoms with Crippen LogP contribution < -0.4 is 0 Å². The number of ether oxygens (including phenoxy) is 2. The number of carbonyl (C=O) groups excluding carboxylic acids is 1. The summed E-state index contributed by atoms with van der Waals surface area (Å²) in [7, 11) is 0. The molecule has 3 heteroatoms. The third-order valence-corrected chi connectivity index (χ3v) is 2.64. The van der Waals surface area contributed by atoms with E-state index in [2.05, 4.69) is 6.92 Å². The van der Waals surface area contributed by atoms with Gasteiger partial charge in [-0.15, -0.1) is 0 Å². The van der Waals surface area contributed by atoms with Crippen LogP contribution in [-0.4, -0.2) is 23.8 Å². The highest BCUT2D eigenvalue weighted by Gasteiger charge is 2.23. The molecule has 0 aromatic carbocycles. The molecule has 0 aromatic rings. The van der Waals surface area contributed by atoms with E-state index in [9.17, 15) is 4.79 Å². The van der Waals surface area contributed by atoms with E-state index in [0.717, 1.165) is 12.8 Å². The van der Waals surface area contributed by atoms with Gasteiger partial charge in [-0.25, -0.2) is 4.79 Å². The maximum atomic E-state index is 11.7. The lowest BCUT2D eigenvalue weighted by atomic mass is 10.1. The van der Waals surface area contributed by atoms with Gasteiger partial charge in [-0.3, -0.25) is 0 Å². The van der Waals surface area contributed by atoms with Gasteiger partial charge >= 0.3 is 5.97 Å². The fourth-order valence-corrected chi connectivity index (χ4v) is 1.72. The van der Waals surface area contributed by atoms with Crippen LogP contribution in [0.2, 0.25) is 0 Å². The molecule has 0 amide bonds. The van der Waals surface area contributed by atoms with Gasteiger partial charge in [0.2, 0.25) is 0 Å². The second-order valence-corrected chi connectivity index (χ2v) is 5.97. The Balaban J connectivity index is 3.85. The van der Waals surface area contributed by atoms with E-state index >= 15 is 0 Å². The van der Waals surface area contributed by atoms with Crippen LogP contribution in [-0.2, 0) is 14.3 Å². The van der Waals surface area contributed by atoms with Gasteiger partial charge in [0.1, 0.15) is 5.60 Å². The number of unbranched alkanes of at least 4 members (excludes halogenated alkanes) is 3. The summed E-state index contributed by atoms with van der Waals surface area (Å²) in [4.78, 5) is 11.7. The van der Waals surface area contributed by atoms with E-state index in [4.69, 9.17) is 9.47 Å². The first-order valence-electron chi connectivity index (χ1n) is 7.14. The molecule has 2 atom stereocenters. The second-order valence-electron chi connectivity index (χ2n) is 5.97. The summed E-state index contributed by atoms with van der Waals surface area (Å²) in [6.45, 7) is 11.6. The first-order chi connectivity index (χ1) is 8.26. The molecule has 0 radical (unpaired) electrons. The van der Waals surface area contributed by atoms with Crippen molar-refractivity contribution in [1.82, 2.24) is 0 Å². The molecular weight excluding hydrogens is 228 g/mol. The van der Waals surface area contributed by atoms with Gasteiger partial charge < -0.3 is 9.47 Å². The van der Waals surface area contributed by atoms with E-state index in [-0.39, 0.29) is 12.1 Å². The molecule has 0 saturated heterocycles. The molecule has 0 bridgehead atoms. The average molecular weight is 258 g/mol. The Kier molecular flexibility index (Phi) is 8.25. The van der Waals surface area contributed by atoms with Crippen LogP contribution in [0.1, 0.15) is 73.6 Å². The minimum atomic E-state index is -0.481. The van der Waals surface area contributed by atoms with Crippen molar-refractivity contribution in [3.05, 3.63) is 0 Å². The predicted molar refractivity (Wildman–Crippen MR) is 74.6 cm³/mol. The number of rotatable bonds is 8. The zero-order chi connectivity index (χ0) is 14.2. The first kappa shape index (κ1) is 17.4. The fraction of sp³-hybridized carbons (Fsp3) is 0.933. The lowest BCUT2D eigenvalue weighted by Crippen LogP contribution is -2.33. The van der Waals surface area contributed by atoms with Gasteiger partial charge in [0.25, 0.3) is 0 Å². The molecule has 0 spiro atoms. The van der Waals surface area contributed by atoms with E-state index in [1.807, 2.05) is 27.7 Å². The van der Waals surface area contributed by atoms with Crippen molar-refractivity contribution in [2.24, 2.45) is 0 Å². The van der Waals surface area contributed by atoms with E-state index in [0.29, 0.717) is 0 Å². The largest absolute Gasteiger partial charge is 0.458 e. The molecule has 0 saturated carbocycles. The van der Waals surface area contributed by atoms with Crippen molar-refractivity contribution in [2.45, 2.75) is 91.5 Å². The number of hydrogen-bond acceptors (Lipinski definition) is 3. The normalized spacial score (nSPS) is 15.2. The maximum Gasteiger partial charge on any atom is 0.335 e. The van der Waals surface area contributed by atoms with Crippen LogP contribution >= 0.6 is 0 Å². The summed E-state index contributed by atoms with van der Waals surface area (Å²) < 4.78 is 10.9. The molecule has 0 aliphatic carbocycles. The molecule has 0 aliphatic rings. The summed E-state index contributed by atoms with van der Waals surface area (Å²) in [5, 5.41) is 0. The zero-order valence-corrected chi connectivity index (χ0v) is 12.9. The molecule has 18 heavy (non-hydrogen) atoms. The number of hydrogen-bond donors (Lipinski definition) is 0. The average Bonchev–Trinajstić information content (AvgIpc) is 2.22. The fourth-order valence-electron chi connectivity index (χ4n) is 1.72. The zero-order valence-electron chi connectivity index (χ0n) is 12.9. The number of carbonyl (C=O) groups is 1. The van der Waals surface area contributed by atoms with Crippen molar-refractivity contribution in [2.75, 3.05) is 0 Å². The molecule has 3 nitrogen and oxygen atoms in total. The summed E-state index contributed by atoms with van der Waals surface area (Å²) in [6, 6.07) is 0. The molecule has 0 heterocycles. The van der Waals surface area contributed by atoms with Crippen LogP contribution in [0.25, 0.3) is 0 Å². The topological polar surface area (TPSA) is 35.5 Å². The molecule has 108 valence electrons. The summed E-state index contributed by atoms with van der Waals surface area (Å²) in [5.74, 6) is -0.275. The molecule has 0 rings (SSSR count). The Morgan fingerprint density at radius 3 is 2.22 bits per heavy atom. The summed E-state index contributed by atoms with van der Waals surface area (Å²) in [6.07, 6.45) is 5.56. The highest BCUT2D eigenvalue weighted by Crippen LogP contribution is 2.13. The van der Waals surface area contributed by atoms with Gasteiger partial charge in [-0.05, 0) is 41.0 Å². The van der Waals surface area contributed by atoms with Gasteiger partial charge in [0, 0.05) is 0 Å². The van der Waals surface area contributed by atoms with Crippen molar-refractivity contribution in [3.63, 3.8) is 0 Å². The third-order valence-electron chi connectivity index (χ3n) is 2.64. The van der Waals surface area contributed by atoms with Crippen LogP contribution in [0.3, 0.4) is 0 Å².